The number of benzene rings is 1. The number of carbonyl (C=O) groups excluding carboxylic acids is 1. The molecule has 0 radical (unpaired) electrons. The smallest absolute Gasteiger partial charge is 0.338 e. The van der Waals surface area contributed by atoms with Gasteiger partial charge in [-0.2, -0.15) is 0 Å². The van der Waals surface area contributed by atoms with Gasteiger partial charge in [0.05, 0.1) is 17.6 Å². The molecule has 0 heterocycles. The van der Waals surface area contributed by atoms with E-state index in [-0.39, 0.29) is 23.6 Å². The number of rotatable bonds is 7. The molecule has 0 saturated heterocycles. The minimum Gasteiger partial charge on any atom is -0.490 e. The molecule has 0 aliphatic rings. The highest BCUT2D eigenvalue weighted by molar-refractivity contribution is 5.90. The van der Waals surface area contributed by atoms with Crippen molar-refractivity contribution >= 4 is 11.7 Å². The number of allylic oxidation sites excluding steroid dienone is 2. The summed E-state index contributed by atoms with van der Waals surface area (Å²) in [6.07, 6.45) is 4.73. The predicted octanol–water partition coefficient (Wildman–Crippen LogP) is 3.06. The van der Waals surface area contributed by atoms with Crippen molar-refractivity contribution in [2.45, 2.75) is 0 Å². The van der Waals surface area contributed by atoms with E-state index >= 15 is 0 Å². The summed E-state index contributed by atoms with van der Waals surface area (Å²) < 4.78 is 9.91. The Labute approximate surface area is 122 Å². The zero-order chi connectivity index (χ0) is 15.8. The lowest BCUT2D eigenvalue weighted by atomic mass is 10.2. The van der Waals surface area contributed by atoms with Gasteiger partial charge in [0.25, 0.3) is 0 Å². The molecular formula is C15H15NO5. The van der Waals surface area contributed by atoms with Crippen molar-refractivity contribution in [1.82, 2.24) is 0 Å². The van der Waals surface area contributed by atoms with E-state index in [1.807, 2.05) is 0 Å². The Bertz CT molecular complexity index is 604. The molecule has 0 fully saturated rings. The third-order valence-electron chi connectivity index (χ3n) is 2.58. The number of ether oxygens (including phenoxy) is 2. The van der Waals surface area contributed by atoms with Crippen molar-refractivity contribution < 1.29 is 19.2 Å². The van der Waals surface area contributed by atoms with Crippen LogP contribution in [0.3, 0.4) is 0 Å². The summed E-state index contributed by atoms with van der Waals surface area (Å²) in [5, 5.41) is 10.9. The summed E-state index contributed by atoms with van der Waals surface area (Å²) in [6.45, 7) is 7.12. The molecule has 0 unspecified atom stereocenters. The molecule has 0 atom stereocenters. The number of carbonyl (C=O) groups is 1. The Morgan fingerprint density at radius 3 is 2.67 bits per heavy atom. The van der Waals surface area contributed by atoms with Crippen molar-refractivity contribution in [3.8, 4) is 5.75 Å². The topological polar surface area (TPSA) is 78.7 Å². The first-order chi connectivity index (χ1) is 10.0. The van der Waals surface area contributed by atoms with Crippen LogP contribution in [0.5, 0.6) is 5.75 Å². The van der Waals surface area contributed by atoms with Crippen LogP contribution in [0.25, 0.3) is 0 Å². The van der Waals surface area contributed by atoms with Gasteiger partial charge in [-0.15, -0.1) is 0 Å². The fourth-order valence-corrected chi connectivity index (χ4v) is 1.52. The fourth-order valence-electron chi connectivity index (χ4n) is 1.52. The lowest BCUT2D eigenvalue weighted by Gasteiger charge is -2.06. The second-order valence-electron chi connectivity index (χ2n) is 3.90. The SMILES string of the molecule is C=C/C=C(\C=C)COC(=O)c1ccc(OC)c([N+](=O)[O-])c1. The van der Waals surface area contributed by atoms with Gasteiger partial charge < -0.3 is 9.47 Å². The van der Waals surface area contributed by atoms with Crippen molar-refractivity contribution in [3.63, 3.8) is 0 Å². The first kappa shape index (κ1) is 16.2. The highest BCUT2D eigenvalue weighted by Crippen LogP contribution is 2.27. The van der Waals surface area contributed by atoms with E-state index in [9.17, 15) is 14.9 Å². The molecule has 1 aromatic carbocycles. The van der Waals surface area contributed by atoms with Crippen LogP contribution >= 0.6 is 0 Å². The Kier molecular flexibility index (Phi) is 5.88. The van der Waals surface area contributed by atoms with Crippen LogP contribution in [-0.4, -0.2) is 24.6 Å². The first-order valence-electron chi connectivity index (χ1n) is 5.97. The summed E-state index contributed by atoms with van der Waals surface area (Å²) in [5.41, 5.74) is 0.448. The summed E-state index contributed by atoms with van der Waals surface area (Å²) in [6, 6.07) is 3.87. The van der Waals surface area contributed by atoms with Gasteiger partial charge >= 0.3 is 11.7 Å². The largest absolute Gasteiger partial charge is 0.490 e. The van der Waals surface area contributed by atoms with E-state index in [2.05, 4.69) is 13.2 Å². The molecule has 0 N–H and O–H groups in total. The summed E-state index contributed by atoms with van der Waals surface area (Å²) in [4.78, 5) is 22.1. The maximum Gasteiger partial charge on any atom is 0.338 e. The van der Waals surface area contributed by atoms with Crippen molar-refractivity contribution in [2.75, 3.05) is 13.7 Å². The highest BCUT2D eigenvalue weighted by atomic mass is 16.6. The van der Waals surface area contributed by atoms with Crippen LogP contribution in [0.2, 0.25) is 0 Å². The van der Waals surface area contributed by atoms with E-state index in [0.29, 0.717) is 5.57 Å². The molecular weight excluding hydrogens is 274 g/mol. The second-order valence-corrected chi connectivity index (χ2v) is 3.90. The van der Waals surface area contributed by atoms with Crippen molar-refractivity contribution in [3.05, 3.63) is 70.8 Å². The monoisotopic (exact) mass is 289 g/mol. The molecule has 21 heavy (non-hydrogen) atoms. The first-order valence-corrected chi connectivity index (χ1v) is 5.97. The van der Waals surface area contributed by atoms with Crippen molar-refractivity contribution in [2.24, 2.45) is 0 Å². The van der Waals surface area contributed by atoms with Crippen LogP contribution in [0.15, 0.2) is 55.2 Å². The van der Waals surface area contributed by atoms with Gasteiger partial charge in [-0.25, -0.2) is 4.79 Å². The maximum atomic E-state index is 11.9. The number of methoxy groups -OCH3 is 1. The van der Waals surface area contributed by atoms with Crippen LogP contribution in [-0.2, 0) is 4.74 Å². The number of hydrogen-bond acceptors (Lipinski definition) is 5. The van der Waals surface area contributed by atoms with Gasteiger partial charge in [-0.1, -0.05) is 31.4 Å². The third kappa shape index (κ3) is 4.31. The number of hydrogen-bond donors (Lipinski definition) is 0. The average molecular weight is 289 g/mol. The van der Waals surface area contributed by atoms with E-state index < -0.39 is 10.9 Å². The van der Waals surface area contributed by atoms with E-state index in [0.717, 1.165) is 6.07 Å². The quantitative estimate of drug-likeness (QED) is 0.333. The molecule has 0 saturated carbocycles. The summed E-state index contributed by atoms with van der Waals surface area (Å²) >= 11 is 0. The molecule has 6 nitrogen and oxygen atoms in total. The van der Waals surface area contributed by atoms with E-state index in [4.69, 9.17) is 9.47 Å². The van der Waals surface area contributed by atoms with Gasteiger partial charge in [0.1, 0.15) is 6.61 Å². The summed E-state index contributed by atoms with van der Waals surface area (Å²) in [7, 11) is 1.32. The van der Waals surface area contributed by atoms with Gasteiger partial charge in [-0.3, -0.25) is 10.1 Å². The van der Waals surface area contributed by atoms with Gasteiger partial charge in [0, 0.05) is 6.07 Å². The van der Waals surface area contributed by atoms with Gasteiger partial charge in [0.15, 0.2) is 5.75 Å². The Hall–Kier alpha value is -2.89. The lowest BCUT2D eigenvalue weighted by molar-refractivity contribution is -0.385. The molecule has 0 aliphatic heterocycles. The lowest BCUT2D eigenvalue weighted by Crippen LogP contribution is -2.08. The number of esters is 1. The molecule has 0 bridgehead atoms. The Morgan fingerprint density at radius 1 is 1.43 bits per heavy atom. The fraction of sp³-hybridized carbons (Fsp3) is 0.133. The van der Waals surface area contributed by atoms with Crippen molar-refractivity contribution in [1.29, 1.82) is 0 Å². The van der Waals surface area contributed by atoms with Crippen LogP contribution in [0.1, 0.15) is 10.4 Å². The molecule has 1 rings (SSSR count). The van der Waals surface area contributed by atoms with Gasteiger partial charge in [0.2, 0.25) is 0 Å². The van der Waals surface area contributed by atoms with E-state index in [1.54, 1.807) is 12.2 Å². The zero-order valence-corrected chi connectivity index (χ0v) is 11.6. The molecule has 0 amide bonds. The number of nitro benzene ring substituents is 1. The second kappa shape index (κ2) is 7.64. The van der Waals surface area contributed by atoms with E-state index in [1.165, 1.54) is 25.3 Å². The predicted molar refractivity (Wildman–Crippen MR) is 78.4 cm³/mol. The minimum atomic E-state index is -0.669. The molecule has 0 aliphatic carbocycles. The minimum absolute atomic E-state index is 0.00812. The van der Waals surface area contributed by atoms with Crippen LogP contribution in [0.4, 0.5) is 5.69 Å². The molecule has 0 aromatic heterocycles. The van der Waals surface area contributed by atoms with Crippen LogP contribution < -0.4 is 4.74 Å². The highest BCUT2D eigenvalue weighted by Gasteiger charge is 2.18. The van der Waals surface area contributed by atoms with Crippen LogP contribution in [0, 0.1) is 10.1 Å². The molecule has 6 heteroatoms. The average Bonchev–Trinajstić information content (AvgIpc) is 2.50. The maximum absolute atomic E-state index is 11.9. The third-order valence-corrected chi connectivity index (χ3v) is 2.58. The summed E-state index contributed by atoms with van der Waals surface area (Å²) in [5.74, 6) is -0.590. The Balaban J connectivity index is 2.90. The molecule has 0 spiro atoms. The molecule has 1 aromatic rings. The standard InChI is InChI=1S/C15H15NO5/c1-4-6-11(5-2)10-21-15(17)12-7-8-14(20-3)13(9-12)16(18)19/h4-9H,1-2,10H2,3H3/b11-6+. The zero-order valence-electron chi connectivity index (χ0n) is 11.6. The number of nitrogens with zero attached hydrogens (tertiary/aromatic N) is 1. The number of nitro groups is 1. The molecule has 110 valence electrons. The Morgan fingerprint density at radius 2 is 2.14 bits per heavy atom. The normalized spacial score (nSPS) is 10.6. The van der Waals surface area contributed by atoms with Gasteiger partial charge in [-0.05, 0) is 17.7 Å².